The number of nitrogens with zero attached hydrogens (tertiary/aromatic N) is 2. The minimum atomic E-state index is -3.65. The third kappa shape index (κ3) is 4.52. The van der Waals surface area contributed by atoms with E-state index in [9.17, 15) is 8.42 Å². The highest BCUT2D eigenvalue weighted by molar-refractivity contribution is 7.89. The second-order valence-corrected chi connectivity index (χ2v) is 9.09. The Bertz CT molecular complexity index is 1100. The van der Waals surface area contributed by atoms with Crippen LogP contribution in [0, 0.1) is 13.8 Å². The van der Waals surface area contributed by atoms with Gasteiger partial charge in [0, 0.05) is 24.6 Å². The maximum Gasteiger partial charge on any atom is 0.241 e. The molecule has 1 N–H and O–H groups in total. The number of imidazole rings is 1. The fraction of sp³-hybridized carbons (Fsp3) is 0.318. The zero-order valence-corrected chi connectivity index (χ0v) is 18.2. The molecule has 2 aromatic carbocycles. The number of aromatic nitrogens is 2. The van der Waals surface area contributed by atoms with Crippen molar-refractivity contribution in [3.63, 3.8) is 0 Å². The summed E-state index contributed by atoms with van der Waals surface area (Å²) >= 11 is 0. The van der Waals surface area contributed by atoms with Crippen LogP contribution in [-0.4, -0.2) is 25.1 Å². The van der Waals surface area contributed by atoms with Crippen molar-refractivity contribution in [1.29, 1.82) is 0 Å². The number of benzene rings is 2. The predicted molar refractivity (Wildman–Crippen MR) is 114 cm³/mol. The van der Waals surface area contributed by atoms with E-state index in [-0.39, 0.29) is 17.4 Å². The van der Waals surface area contributed by atoms with Crippen LogP contribution in [0.3, 0.4) is 0 Å². The molecule has 0 aliphatic carbocycles. The molecule has 0 unspecified atom stereocenters. The first kappa shape index (κ1) is 21.1. The fourth-order valence-corrected chi connectivity index (χ4v) is 4.55. The largest absolute Gasteiger partial charge is 0.496 e. The van der Waals surface area contributed by atoms with E-state index in [0.29, 0.717) is 11.3 Å². The van der Waals surface area contributed by atoms with E-state index >= 15 is 0 Å². The van der Waals surface area contributed by atoms with Gasteiger partial charge in [-0.25, -0.2) is 18.1 Å². The summed E-state index contributed by atoms with van der Waals surface area (Å²) in [5.74, 6) is 1.76. The Morgan fingerprint density at radius 1 is 1.14 bits per heavy atom. The summed E-state index contributed by atoms with van der Waals surface area (Å²) in [6, 6.07) is 11.2. The maximum absolute atomic E-state index is 12.9. The zero-order valence-electron chi connectivity index (χ0n) is 17.4. The predicted octanol–water partition coefficient (Wildman–Crippen LogP) is 4.10. The number of aryl methyl sites for hydroxylation is 2. The van der Waals surface area contributed by atoms with Gasteiger partial charge < -0.3 is 9.30 Å². The number of hydrogen-bond donors (Lipinski definition) is 1. The van der Waals surface area contributed by atoms with E-state index in [0.717, 1.165) is 22.6 Å². The van der Waals surface area contributed by atoms with Gasteiger partial charge in [0.05, 0.1) is 12.0 Å². The van der Waals surface area contributed by atoms with Crippen LogP contribution in [-0.2, 0) is 16.6 Å². The molecule has 0 aliphatic rings. The van der Waals surface area contributed by atoms with Gasteiger partial charge in [-0.15, -0.1) is 0 Å². The van der Waals surface area contributed by atoms with Crippen molar-refractivity contribution in [1.82, 2.24) is 14.3 Å². The average molecular weight is 414 g/mol. The second-order valence-electron chi connectivity index (χ2n) is 7.35. The lowest BCUT2D eigenvalue weighted by Gasteiger charge is -2.16. The summed E-state index contributed by atoms with van der Waals surface area (Å²) in [6.07, 6.45) is 3.64. The Morgan fingerprint density at radius 2 is 1.83 bits per heavy atom. The second kappa shape index (κ2) is 8.39. The molecule has 6 nitrogen and oxygen atoms in total. The number of hydrogen-bond acceptors (Lipinski definition) is 4. The smallest absolute Gasteiger partial charge is 0.241 e. The molecule has 0 bridgehead atoms. The number of rotatable bonds is 7. The molecule has 154 valence electrons. The molecule has 0 radical (unpaired) electrons. The highest BCUT2D eigenvalue weighted by Crippen LogP contribution is 2.31. The third-order valence-electron chi connectivity index (χ3n) is 4.95. The monoisotopic (exact) mass is 413 g/mol. The van der Waals surface area contributed by atoms with Gasteiger partial charge >= 0.3 is 0 Å². The molecule has 0 saturated carbocycles. The minimum absolute atomic E-state index is 0.152. The van der Waals surface area contributed by atoms with E-state index in [2.05, 4.69) is 9.71 Å². The van der Waals surface area contributed by atoms with Crippen LogP contribution in [0.1, 0.15) is 42.3 Å². The Balaban J connectivity index is 1.80. The van der Waals surface area contributed by atoms with E-state index in [1.165, 1.54) is 0 Å². The van der Waals surface area contributed by atoms with Gasteiger partial charge in [-0.05, 0) is 60.7 Å². The van der Waals surface area contributed by atoms with Gasteiger partial charge in [-0.1, -0.05) is 26.0 Å². The fourth-order valence-electron chi connectivity index (χ4n) is 3.28. The first-order valence-corrected chi connectivity index (χ1v) is 11.0. The topological polar surface area (TPSA) is 73.2 Å². The lowest BCUT2D eigenvalue weighted by Crippen LogP contribution is -2.24. The van der Waals surface area contributed by atoms with E-state index in [1.807, 2.05) is 55.8 Å². The molecule has 0 fully saturated rings. The normalized spacial score (nSPS) is 11.8. The van der Waals surface area contributed by atoms with Crippen molar-refractivity contribution in [3.05, 3.63) is 71.3 Å². The molecule has 1 aromatic heterocycles. The maximum atomic E-state index is 12.9. The minimum Gasteiger partial charge on any atom is -0.496 e. The van der Waals surface area contributed by atoms with Crippen molar-refractivity contribution < 1.29 is 13.2 Å². The molecule has 3 rings (SSSR count). The summed E-state index contributed by atoms with van der Waals surface area (Å²) in [5, 5.41) is 0. The molecule has 1 heterocycles. The van der Waals surface area contributed by atoms with Crippen LogP contribution in [0.25, 0.3) is 5.69 Å². The Kier molecular flexibility index (Phi) is 6.10. The SMILES string of the molecule is COc1cc(C)c(S(=O)(=O)NCc2ccc(-n3ccnc3C)cc2)cc1C(C)C. The van der Waals surface area contributed by atoms with Gasteiger partial charge in [0.15, 0.2) is 0 Å². The van der Waals surface area contributed by atoms with Crippen LogP contribution in [0.2, 0.25) is 0 Å². The molecule has 7 heteroatoms. The van der Waals surface area contributed by atoms with Gasteiger partial charge in [0.1, 0.15) is 11.6 Å². The van der Waals surface area contributed by atoms with Gasteiger partial charge in [0.2, 0.25) is 10.0 Å². The lowest BCUT2D eigenvalue weighted by molar-refractivity contribution is 0.406. The molecule has 0 atom stereocenters. The highest BCUT2D eigenvalue weighted by Gasteiger charge is 2.20. The molecule has 29 heavy (non-hydrogen) atoms. The van der Waals surface area contributed by atoms with Crippen molar-refractivity contribution in [3.8, 4) is 11.4 Å². The third-order valence-corrected chi connectivity index (χ3v) is 6.49. The molecule has 3 aromatic rings. The highest BCUT2D eigenvalue weighted by atomic mass is 32.2. The summed E-state index contributed by atoms with van der Waals surface area (Å²) in [4.78, 5) is 4.50. The molecule has 0 amide bonds. The molecule has 0 spiro atoms. The van der Waals surface area contributed by atoms with Gasteiger partial charge in [0.25, 0.3) is 0 Å². The standard InChI is InChI=1S/C22H27N3O3S/c1-15(2)20-13-22(16(3)12-21(20)28-5)29(26,27)24-14-18-6-8-19(9-7-18)25-11-10-23-17(25)4/h6-13,15,24H,14H2,1-5H3. The van der Waals surface area contributed by atoms with Crippen molar-refractivity contribution in [2.75, 3.05) is 7.11 Å². The number of methoxy groups -OCH3 is 1. The zero-order chi connectivity index (χ0) is 21.2. The van der Waals surface area contributed by atoms with Crippen molar-refractivity contribution in [2.24, 2.45) is 0 Å². The van der Waals surface area contributed by atoms with Gasteiger partial charge in [-0.2, -0.15) is 0 Å². The molecule has 0 saturated heterocycles. The van der Waals surface area contributed by atoms with E-state index in [1.54, 1.807) is 32.4 Å². The lowest BCUT2D eigenvalue weighted by atomic mass is 10.0. The average Bonchev–Trinajstić information content (AvgIpc) is 3.12. The van der Waals surface area contributed by atoms with Gasteiger partial charge in [-0.3, -0.25) is 0 Å². The van der Waals surface area contributed by atoms with Crippen LogP contribution in [0.15, 0.2) is 53.7 Å². The number of nitrogens with one attached hydrogen (secondary N) is 1. The Hall–Kier alpha value is -2.64. The van der Waals surface area contributed by atoms with Crippen molar-refractivity contribution in [2.45, 2.75) is 45.1 Å². The van der Waals surface area contributed by atoms with Crippen LogP contribution in [0.5, 0.6) is 5.75 Å². The Morgan fingerprint density at radius 3 is 2.38 bits per heavy atom. The first-order chi connectivity index (χ1) is 13.7. The van der Waals surface area contributed by atoms with Crippen LogP contribution < -0.4 is 9.46 Å². The summed E-state index contributed by atoms with van der Waals surface area (Å²) in [5.41, 5.74) is 3.40. The molecular formula is C22H27N3O3S. The summed E-state index contributed by atoms with van der Waals surface area (Å²) in [6.45, 7) is 7.96. The van der Waals surface area contributed by atoms with E-state index < -0.39 is 10.0 Å². The summed E-state index contributed by atoms with van der Waals surface area (Å²) in [7, 11) is -2.05. The number of ether oxygens (including phenoxy) is 1. The number of sulfonamides is 1. The molecular weight excluding hydrogens is 386 g/mol. The quantitative estimate of drug-likeness (QED) is 0.633. The molecule has 0 aliphatic heterocycles. The van der Waals surface area contributed by atoms with Crippen LogP contribution >= 0.6 is 0 Å². The summed E-state index contributed by atoms with van der Waals surface area (Å²) < 4.78 is 36.0. The van der Waals surface area contributed by atoms with Crippen LogP contribution in [0.4, 0.5) is 0 Å². The first-order valence-electron chi connectivity index (χ1n) is 9.50. The van der Waals surface area contributed by atoms with E-state index in [4.69, 9.17) is 4.74 Å². The Labute approximate surface area is 172 Å². The van der Waals surface area contributed by atoms with Crippen molar-refractivity contribution >= 4 is 10.0 Å².